The maximum atomic E-state index is 11.7. The summed E-state index contributed by atoms with van der Waals surface area (Å²) in [5.74, 6) is 0.0728. The molecule has 5 nitrogen and oxygen atoms in total. The minimum absolute atomic E-state index is 0.396. The van der Waals surface area contributed by atoms with Gasteiger partial charge in [0.1, 0.15) is 11.3 Å². The van der Waals surface area contributed by atoms with Crippen LogP contribution in [0, 0.1) is 6.92 Å². The Kier molecular flexibility index (Phi) is 4.36. The Morgan fingerprint density at radius 2 is 1.96 bits per heavy atom. The Labute approximate surface area is 163 Å². The summed E-state index contributed by atoms with van der Waals surface area (Å²) < 4.78 is 11.8. The number of aromatic amines is 1. The third-order valence-corrected chi connectivity index (χ3v) is 4.99. The summed E-state index contributed by atoms with van der Waals surface area (Å²) in [6.45, 7) is 3.20. The van der Waals surface area contributed by atoms with Crippen LogP contribution in [-0.2, 0) is 11.2 Å². The van der Waals surface area contributed by atoms with E-state index in [-0.39, 0.29) is 0 Å². The van der Waals surface area contributed by atoms with Crippen LogP contribution >= 0.6 is 15.9 Å². The number of halogens is 1. The number of carbonyl (C=O) groups is 1. The Morgan fingerprint density at radius 1 is 1.15 bits per heavy atom. The van der Waals surface area contributed by atoms with Gasteiger partial charge in [0.25, 0.3) is 0 Å². The van der Waals surface area contributed by atoms with Crippen LogP contribution in [0.4, 0.5) is 0 Å². The summed E-state index contributed by atoms with van der Waals surface area (Å²) in [6, 6.07) is 11.0. The van der Waals surface area contributed by atoms with Crippen molar-refractivity contribution in [3.63, 3.8) is 0 Å². The summed E-state index contributed by atoms with van der Waals surface area (Å²) >= 11 is 3.50. The highest BCUT2D eigenvalue weighted by atomic mass is 79.9. The van der Waals surface area contributed by atoms with Gasteiger partial charge in [-0.15, -0.1) is 0 Å². The molecular formula is C21H16BrNO4. The van der Waals surface area contributed by atoms with Crippen molar-refractivity contribution in [1.29, 1.82) is 0 Å². The normalized spacial score (nSPS) is 11.2. The molecule has 27 heavy (non-hydrogen) atoms. The second kappa shape index (κ2) is 6.70. The van der Waals surface area contributed by atoms with E-state index >= 15 is 0 Å². The first-order valence-corrected chi connectivity index (χ1v) is 9.21. The molecule has 6 heteroatoms. The fraction of sp³-hybridized carbons (Fsp3) is 0.143. The first-order valence-electron chi connectivity index (χ1n) is 8.42. The van der Waals surface area contributed by atoms with Crippen LogP contribution in [0.3, 0.4) is 0 Å². The average Bonchev–Trinajstić information content (AvgIpc) is 2.97. The predicted molar refractivity (Wildman–Crippen MR) is 107 cm³/mol. The fourth-order valence-corrected chi connectivity index (χ4v) is 3.64. The minimum Gasteiger partial charge on any atom is -0.426 e. The molecule has 0 atom stereocenters. The van der Waals surface area contributed by atoms with Crippen LogP contribution in [0.15, 0.2) is 56.3 Å². The number of fused-ring (bicyclic) bond motifs is 2. The Morgan fingerprint density at radius 3 is 2.74 bits per heavy atom. The van der Waals surface area contributed by atoms with Crippen molar-refractivity contribution in [3.8, 4) is 5.75 Å². The molecular weight excluding hydrogens is 410 g/mol. The lowest BCUT2D eigenvalue weighted by molar-refractivity contribution is -0.131. The number of carbonyl (C=O) groups excluding carboxylic acids is 1. The third-order valence-electron chi connectivity index (χ3n) is 4.50. The van der Waals surface area contributed by atoms with Gasteiger partial charge in [0, 0.05) is 51.9 Å². The molecule has 0 radical (unpaired) electrons. The molecule has 2 aromatic heterocycles. The topological polar surface area (TPSA) is 72.3 Å². The molecule has 1 N–H and O–H groups in total. The summed E-state index contributed by atoms with van der Waals surface area (Å²) in [7, 11) is 0. The molecule has 0 spiro atoms. The van der Waals surface area contributed by atoms with Crippen LogP contribution in [-0.4, -0.2) is 11.0 Å². The second-order valence-electron chi connectivity index (χ2n) is 6.48. The average molecular weight is 426 g/mol. The molecule has 2 aromatic carbocycles. The number of nitrogens with one attached hydrogen (secondary N) is 1. The van der Waals surface area contributed by atoms with Crippen LogP contribution in [0.2, 0.25) is 0 Å². The van der Waals surface area contributed by atoms with Gasteiger partial charge >= 0.3 is 11.6 Å². The smallest absolute Gasteiger partial charge is 0.336 e. The molecule has 0 fully saturated rings. The van der Waals surface area contributed by atoms with E-state index in [0.717, 1.165) is 37.5 Å². The number of esters is 1. The van der Waals surface area contributed by atoms with E-state index in [1.807, 2.05) is 31.3 Å². The number of aromatic nitrogens is 1. The molecule has 0 aliphatic carbocycles. The molecule has 4 aromatic rings. The molecule has 0 aliphatic heterocycles. The van der Waals surface area contributed by atoms with Crippen molar-refractivity contribution in [2.75, 3.05) is 0 Å². The number of hydrogen-bond donors (Lipinski definition) is 1. The standard InChI is InChI=1S/C21H16BrNO4/c1-11-5-21(25)27-20-7-13(19(9-16(11)20)26-12(2)24)6-14-10-23-18-4-3-15(22)8-17(14)18/h3-5,7-10,23H,6H2,1-2H3. The highest BCUT2D eigenvalue weighted by Crippen LogP contribution is 2.32. The lowest BCUT2D eigenvalue weighted by Crippen LogP contribution is -2.06. The van der Waals surface area contributed by atoms with E-state index in [0.29, 0.717) is 17.8 Å². The second-order valence-corrected chi connectivity index (χ2v) is 7.39. The minimum atomic E-state index is -0.401. The maximum Gasteiger partial charge on any atom is 0.336 e. The van der Waals surface area contributed by atoms with Gasteiger partial charge < -0.3 is 14.1 Å². The zero-order valence-corrected chi connectivity index (χ0v) is 16.3. The van der Waals surface area contributed by atoms with E-state index in [2.05, 4.69) is 20.9 Å². The summed E-state index contributed by atoms with van der Waals surface area (Å²) in [4.78, 5) is 26.6. The number of rotatable bonds is 3. The van der Waals surface area contributed by atoms with Gasteiger partial charge in [-0.25, -0.2) is 4.79 Å². The van der Waals surface area contributed by atoms with Crippen LogP contribution in [0.1, 0.15) is 23.6 Å². The zero-order chi connectivity index (χ0) is 19.1. The van der Waals surface area contributed by atoms with Crippen molar-refractivity contribution in [3.05, 3.63) is 74.2 Å². The van der Waals surface area contributed by atoms with E-state index in [9.17, 15) is 9.59 Å². The van der Waals surface area contributed by atoms with E-state index < -0.39 is 11.6 Å². The first-order chi connectivity index (χ1) is 12.9. The van der Waals surface area contributed by atoms with Gasteiger partial charge in [-0.3, -0.25) is 4.79 Å². The monoisotopic (exact) mass is 425 g/mol. The number of ether oxygens (including phenoxy) is 1. The molecule has 4 rings (SSSR count). The Balaban J connectivity index is 1.89. The first kappa shape index (κ1) is 17.5. The lowest BCUT2D eigenvalue weighted by atomic mass is 10.0. The summed E-state index contributed by atoms with van der Waals surface area (Å²) in [5, 5.41) is 1.82. The number of hydrogen-bond acceptors (Lipinski definition) is 4. The molecule has 0 aliphatic rings. The quantitative estimate of drug-likeness (QED) is 0.289. The van der Waals surface area contributed by atoms with Gasteiger partial charge in [0.05, 0.1) is 0 Å². The molecule has 0 bridgehead atoms. The maximum absolute atomic E-state index is 11.7. The molecule has 0 saturated heterocycles. The van der Waals surface area contributed by atoms with Crippen molar-refractivity contribution < 1.29 is 13.9 Å². The Hall–Kier alpha value is -2.86. The summed E-state index contributed by atoms with van der Waals surface area (Å²) in [6.07, 6.45) is 2.46. The van der Waals surface area contributed by atoms with Crippen LogP contribution in [0.25, 0.3) is 21.9 Å². The molecule has 0 amide bonds. The van der Waals surface area contributed by atoms with E-state index in [1.165, 1.54) is 13.0 Å². The number of benzene rings is 2. The Bertz CT molecular complexity index is 1250. The SMILES string of the molecule is CC(=O)Oc1cc2c(C)cc(=O)oc2cc1Cc1c[nH]c2ccc(Br)cc12. The molecule has 2 heterocycles. The highest BCUT2D eigenvalue weighted by Gasteiger charge is 2.14. The third kappa shape index (κ3) is 3.40. The van der Waals surface area contributed by atoms with Crippen LogP contribution in [0.5, 0.6) is 5.75 Å². The van der Waals surface area contributed by atoms with Crippen molar-refractivity contribution in [2.24, 2.45) is 0 Å². The van der Waals surface area contributed by atoms with Crippen molar-refractivity contribution in [1.82, 2.24) is 4.98 Å². The van der Waals surface area contributed by atoms with Crippen LogP contribution < -0.4 is 10.4 Å². The fourth-order valence-electron chi connectivity index (χ4n) is 3.28. The van der Waals surface area contributed by atoms with E-state index in [4.69, 9.17) is 9.15 Å². The van der Waals surface area contributed by atoms with Crippen molar-refractivity contribution in [2.45, 2.75) is 20.3 Å². The zero-order valence-electron chi connectivity index (χ0n) is 14.8. The predicted octanol–water partition coefficient (Wildman–Crippen LogP) is 4.86. The molecule has 136 valence electrons. The number of aryl methyl sites for hydroxylation is 1. The van der Waals surface area contributed by atoms with Gasteiger partial charge in [-0.2, -0.15) is 0 Å². The molecule has 0 unspecified atom stereocenters. The van der Waals surface area contributed by atoms with Gasteiger partial charge in [-0.05, 0) is 48.4 Å². The van der Waals surface area contributed by atoms with Gasteiger partial charge in [0.15, 0.2) is 0 Å². The highest BCUT2D eigenvalue weighted by molar-refractivity contribution is 9.10. The molecule has 0 saturated carbocycles. The van der Waals surface area contributed by atoms with Gasteiger partial charge in [0.2, 0.25) is 0 Å². The van der Waals surface area contributed by atoms with E-state index in [1.54, 1.807) is 12.1 Å². The van der Waals surface area contributed by atoms with Crippen molar-refractivity contribution >= 4 is 43.8 Å². The largest absolute Gasteiger partial charge is 0.426 e. The lowest BCUT2D eigenvalue weighted by Gasteiger charge is -2.11. The summed E-state index contributed by atoms with van der Waals surface area (Å²) in [5.41, 5.74) is 3.69. The number of H-pyrrole nitrogens is 1. The van der Waals surface area contributed by atoms with Gasteiger partial charge in [-0.1, -0.05) is 15.9 Å².